The summed E-state index contributed by atoms with van der Waals surface area (Å²) < 4.78 is 57.6. The largest absolute Gasteiger partial charge is 0.465 e. The minimum atomic E-state index is -4.44. The number of carbonyl (C=O) groups is 1. The second kappa shape index (κ2) is 13.3. The van der Waals surface area contributed by atoms with E-state index in [-0.39, 0.29) is 40.0 Å². The first kappa shape index (κ1) is 31.8. The lowest BCUT2D eigenvalue weighted by Gasteiger charge is -2.10. The molecule has 0 unspecified atom stereocenters. The molecule has 0 atom stereocenters. The number of sulfone groups is 1. The molecule has 0 amide bonds. The first-order valence-corrected chi connectivity index (χ1v) is 13.5. The second-order valence-electron chi connectivity index (χ2n) is 7.37. The van der Waals surface area contributed by atoms with Crippen molar-refractivity contribution in [1.29, 1.82) is 0 Å². The van der Waals surface area contributed by atoms with Crippen LogP contribution >= 0.6 is 0 Å². The van der Waals surface area contributed by atoms with Gasteiger partial charge in [0.15, 0.2) is 9.84 Å². The van der Waals surface area contributed by atoms with Crippen molar-refractivity contribution in [2.45, 2.75) is 9.79 Å². The molecule has 0 spiro atoms. The number of nitrogens with two attached hydrogens (primary N) is 6. The van der Waals surface area contributed by atoms with Crippen LogP contribution in [0.25, 0.3) is 0 Å². The summed E-state index contributed by atoms with van der Waals surface area (Å²) in [5.74, 6) is -0.667. The summed E-state index contributed by atoms with van der Waals surface area (Å²) in [5, 5.41) is 8.52. The van der Waals surface area contributed by atoms with Crippen molar-refractivity contribution < 1.29 is 36.0 Å². The Balaban J connectivity index is 0.000000287. The highest BCUT2D eigenvalue weighted by atomic mass is 32.2. The Morgan fingerprint density at radius 1 is 0.816 bits per heavy atom. The zero-order valence-electron chi connectivity index (χ0n) is 20.2. The normalized spacial score (nSPS) is 10.8. The maximum absolute atomic E-state index is 11.4. The predicted octanol–water partition coefficient (Wildman–Crippen LogP) is 0.352. The van der Waals surface area contributed by atoms with E-state index in [0.717, 1.165) is 6.07 Å². The molecule has 0 saturated heterocycles. The van der Waals surface area contributed by atoms with Crippen LogP contribution in [0.1, 0.15) is 10.4 Å². The van der Waals surface area contributed by atoms with Gasteiger partial charge in [0.2, 0.25) is 0 Å². The molecule has 0 aliphatic heterocycles. The van der Waals surface area contributed by atoms with E-state index in [1.54, 1.807) is 36.4 Å². The summed E-state index contributed by atoms with van der Waals surface area (Å²) in [6, 6.07) is 13.8. The number of aliphatic hydroxyl groups is 1. The lowest BCUT2D eigenvalue weighted by molar-refractivity contribution is 0.0602. The third-order valence-electron chi connectivity index (χ3n) is 4.66. The van der Waals surface area contributed by atoms with Crippen LogP contribution in [0, 0.1) is 0 Å². The molecule has 3 aromatic carbocycles. The summed E-state index contributed by atoms with van der Waals surface area (Å²) in [5.41, 5.74) is 33.1. The minimum Gasteiger partial charge on any atom is -0.465 e. The zero-order valence-corrected chi connectivity index (χ0v) is 21.9. The first-order chi connectivity index (χ1) is 17.6. The molecule has 208 valence electrons. The molecule has 0 fully saturated rings. The van der Waals surface area contributed by atoms with E-state index in [1.807, 2.05) is 0 Å². The van der Waals surface area contributed by atoms with Crippen LogP contribution in [0.5, 0.6) is 0 Å². The Labute approximate surface area is 219 Å². The molecule has 14 nitrogen and oxygen atoms in total. The van der Waals surface area contributed by atoms with Crippen LogP contribution in [0.4, 0.5) is 34.1 Å². The average Bonchev–Trinajstić information content (AvgIpc) is 2.85. The molecule has 38 heavy (non-hydrogen) atoms. The van der Waals surface area contributed by atoms with Crippen LogP contribution in [-0.2, 0) is 24.7 Å². The van der Waals surface area contributed by atoms with E-state index >= 15 is 0 Å². The lowest BCUT2D eigenvalue weighted by atomic mass is 10.2. The van der Waals surface area contributed by atoms with E-state index in [9.17, 15) is 21.6 Å². The monoisotopic (exact) mass is 570 g/mol. The summed E-state index contributed by atoms with van der Waals surface area (Å²) >= 11 is 0. The van der Waals surface area contributed by atoms with Crippen molar-refractivity contribution in [2.24, 2.45) is 0 Å². The summed E-state index contributed by atoms with van der Waals surface area (Å²) in [6.07, 6.45) is 0. The first-order valence-electron chi connectivity index (χ1n) is 10.4. The third-order valence-corrected chi connectivity index (χ3v) is 7.25. The van der Waals surface area contributed by atoms with Crippen molar-refractivity contribution >= 4 is 60.0 Å². The number of hydrogen-bond acceptors (Lipinski definition) is 13. The van der Waals surface area contributed by atoms with Gasteiger partial charge in [-0.05, 0) is 36.4 Å². The maximum atomic E-state index is 11.4. The van der Waals surface area contributed by atoms with Crippen molar-refractivity contribution in [3.05, 3.63) is 60.2 Å². The van der Waals surface area contributed by atoms with Gasteiger partial charge in [0.05, 0.1) is 52.7 Å². The highest BCUT2D eigenvalue weighted by Crippen LogP contribution is 2.34. The molecule has 0 saturated carbocycles. The van der Waals surface area contributed by atoms with Gasteiger partial charge in [-0.15, -0.1) is 0 Å². The van der Waals surface area contributed by atoms with Gasteiger partial charge in [-0.1, -0.05) is 18.2 Å². The molecule has 16 heteroatoms. The van der Waals surface area contributed by atoms with E-state index < -0.39 is 30.8 Å². The number of rotatable bonds is 5. The fraction of sp³-hybridized carbons (Fsp3) is 0.136. The lowest BCUT2D eigenvalue weighted by Crippen LogP contribution is -2.10. The molecule has 0 radical (unpaired) electrons. The van der Waals surface area contributed by atoms with E-state index in [4.69, 9.17) is 44.1 Å². The number of aliphatic hydroxyl groups excluding tert-OH is 1. The Bertz CT molecular complexity index is 1500. The van der Waals surface area contributed by atoms with E-state index in [2.05, 4.69) is 4.74 Å². The number of ether oxygens (including phenoxy) is 1. The zero-order chi connectivity index (χ0) is 29.3. The average molecular weight is 571 g/mol. The molecule has 0 aliphatic rings. The van der Waals surface area contributed by atoms with Gasteiger partial charge in [-0.25, -0.2) is 13.2 Å². The Kier molecular flexibility index (Phi) is 11.2. The molecule has 3 rings (SSSR count). The van der Waals surface area contributed by atoms with Gasteiger partial charge in [0.25, 0.3) is 10.1 Å². The number of esters is 1. The summed E-state index contributed by atoms with van der Waals surface area (Å²) in [4.78, 5) is 10.5. The minimum absolute atomic E-state index is 0.00472. The third kappa shape index (κ3) is 8.70. The molecular weight excluding hydrogens is 540 g/mol. The van der Waals surface area contributed by atoms with Crippen LogP contribution in [0.3, 0.4) is 0 Å². The van der Waals surface area contributed by atoms with Crippen molar-refractivity contribution in [2.75, 3.05) is 53.9 Å². The Hall–Kier alpha value is -4.25. The second-order valence-corrected chi connectivity index (χ2v) is 10.9. The number of benzene rings is 3. The fourth-order valence-electron chi connectivity index (χ4n) is 2.68. The molecule has 3 aromatic rings. The van der Waals surface area contributed by atoms with Gasteiger partial charge in [0.1, 0.15) is 4.90 Å². The quantitative estimate of drug-likeness (QED) is 0.117. The highest BCUT2D eigenvalue weighted by Gasteiger charge is 2.19. The van der Waals surface area contributed by atoms with Crippen LogP contribution in [0.2, 0.25) is 0 Å². The summed E-state index contributed by atoms with van der Waals surface area (Å²) in [6.45, 7) is -0.378. The van der Waals surface area contributed by atoms with Gasteiger partial charge in [0, 0.05) is 11.4 Å². The van der Waals surface area contributed by atoms with E-state index in [0.29, 0.717) is 16.9 Å². The SMILES string of the molecule is COC(=O)c1ccccc1N.Nc1cc(S(=O)(=O)O)c(N)c(N)c1N.Nc1cccc(S(=O)(=O)CCO)c1. The summed E-state index contributed by atoms with van der Waals surface area (Å²) in [7, 11) is -6.47. The molecular formula is C22H30N6O8S2. The Morgan fingerprint density at radius 2 is 1.42 bits per heavy atom. The molecule has 0 aromatic heterocycles. The molecule has 0 bridgehead atoms. The number of hydrogen-bond donors (Lipinski definition) is 8. The number of anilines is 6. The van der Waals surface area contributed by atoms with Gasteiger partial charge < -0.3 is 44.2 Å². The highest BCUT2D eigenvalue weighted by molar-refractivity contribution is 7.91. The fourth-order valence-corrected chi connectivity index (χ4v) is 4.42. The Morgan fingerprint density at radius 3 is 1.92 bits per heavy atom. The van der Waals surface area contributed by atoms with Crippen LogP contribution in [-0.4, -0.2) is 51.9 Å². The van der Waals surface area contributed by atoms with Crippen LogP contribution in [0.15, 0.2) is 64.4 Å². The number of carbonyl (C=O) groups excluding carboxylic acids is 1. The standard InChI is InChI=1S/C8H11NO3S.C8H9NO2.C6H10N4O3S/c9-7-2-1-3-8(6-7)13(11,12)5-4-10;1-11-8(10)6-4-2-3-5-7(6)9;7-2-1-3(14(11,12)13)5(9)6(10)4(2)8/h1-3,6,10H,4-5,9H2;2-5H,9H2,1H3;1H,7-10H2,(H,11,12,13). The number of para-hydroxylation sites is 1. The smallest absolute Gasteiger partial charge is 0.339 e. The van der Waals surface area contributed by atoms with Gasteiger partial charge >= 0.3 is 5.97 Å². The van der Waals surface area contributed by atoms with Crippen molar-refractivity contribution in [1.82, 2.24) is 0 Å². The predicted molar refractivity (Wildman–Crippen MR) is 146 cm³/mol. The number of methoxy groups -OCH3 is 1. The van der Waals surface area contributed by atoms with Crippen molar-refractivity contribution in [3.63, 3.8) is 0 Å². The molecule has 0 aliphatic carbocycles. The van der Waals surface area contributed by atoms with Crippen LogP contribution < -0.4 is 34.4 Å². The molecule has 14 N–H and O–H groups in total. The van der Waals surface area contributed by atoms with Gasteiger partial charge in [-0.3, -0.25) is 4.55 Å². The van der Waals surface area contributed by atoms with E-state index in [1.165, 1.54) is 19.2 Å². The molecule has 0 heterocycles. The van der Waals surface area contributed by atoms with Gasteiger partial charge in [-0.2, -0.15) is 8.42 Å². The maximum Gasteiger partial charge on any atom is 0.339 e. The number of nitrogen functional groups attached to an aromatic ring is 6. The van der Waals surface area contributed by atoms with Crippen molar-refractivity contribution in [3.8, 4) is 0 Å². The topological polar surface area (TPSA) is 291 Å².